The third-order valence-corrected chi connectivity index (χ3v) is 2.10. The molecule has 6 nitrogen and oxygen atoms in total. The first-order valence-corrected chi connectivity index (χ1v) is 5.10. The monoisotopic (exact) mass is 230 g/mol. The minimum atomic E-state index is -0.119. The minimum Gasteiger partial charge on any atom is -0.432 e. The number of ether oxygens (including phenoxy) is 2. The van der Waals surface area contributed by atoms with E-state index >= 15 is 0 Å². The average molecular weight is 230 g/mol. The Morgan fingerprint density at radius 3 is 2.38 bits per heavy atom. The van der Waals surface area contributed by atoms with Crippen LogP contribution in [0.1, 0.15) is 5.69 Å². The topological polar surface area (TPSA) is 68.0 Å². The maximum absolute atomic E-state index is 8.89. The van der Waals surface area contributed by atoms with Gasteiger partial charge in [0.25, 0.3) is 6.01 Å². The fourth-order valence-corrected chi connectivity index (χ4v) is 1.22. The van der Waals surface area contributed by atoms with E-state index in [1.165, 1.54) is 6.26 Å². The van der Waals surface area contributed by atoms with Gasteiger partial charge in [0.1, 0.15) is 12.0 Å². The quantitative estimate of drug-likeness (QED) is 0.691. The van der Waals surface area contributed by atoms with E-state index in [9.17, 15) is 0 Å². The zero-order chi connectivity index (χ0) is 11.8. The SMILES string of the molecule is COCCN(CCOC)c1nc(CO)co1. The Morgan fingerprint density at radius 2 is 1.94 bits per heavy atom. The van der Waals surface area contributed by atoms with Crippen LogP contribution in [0.25, 0.3) is 0 Å². The summed E-state index contributed by atoms with van der Waals surface area (Å²) < 4.78 is 15.3. The fourth-order valence-electron chi connectivity index (χ4n) is 1.22. The number of aliphatic hydroxyl groups excluding tert-OH is 1. The van der Waals surface area contributed by atoms with Crippen LogP contribution in [0.5, 0.6) is 0 Å². The largest absolute Gasteiger partial charge is 0.432 e. The smallest absolute Gasteiger partial charge is 0.297 e. The first kappa shape index (κ1) is 13.0. The van der Waals surface area contributed by atoms with Crippen LogP contribution < -0.4 is 4.90 Å². The molecular formula is C10H18N2O4. The number of aromatic nitrogens is 1. The number of rotatable bonds is 8. The lowest BCUT2D eigenvalue weighted by molar-refractivity contribution is 0.188. The molecule has 0 radical (unpaired) electrons. The molecule has 0 bridgehead atoms. The van der Waals surface area contributed by atoms with Crippen molar-refractivity contribution in [2.24, 2.45) is 0 Å². The predicted octanol–water partition coefficient (Wildman–Crippen LogP) is 0.266. The van der Waals surface area contributed by atoms with E-state index in [-0.39, 0.29) is 6.61 Å². The van der Waals surface area contributed by atoms with E-state index in [0.717, 1.165) is 0 Å². The van der Waals surface area contributed by atoms with Gasteiger partial charge < -0.3 is 23.9 Å². The van der Waals surface area contributed by atoms with Gasteiger partial charge in [-0.15, -0.1) is 0 Å². The molecule has 1 rings (SSSR count). The molecule has 92 valence electrons. The molecule has 0 spiro atoms. The summed E-state index contributed by atoms with van der Waals surface area (Å²) in [5, 5.41) is 8.89. The molecule has 0 aliphatic rings. The number of methoxy groups -OCH3 is 2. The maximum Gasteiger partial charge on any atom is 0.297 e. The lowest BCUT2D eigenvalue weighted by atomic mass is 10.5. The van der Waals surface area contributed by atoms with Gasteiger partial charge in [-0.3, -0.25) is 0 Å². The Balaban J connectivity index is 2.58. The van der Waals surface area contributed by atoms with Crippen LogP contribution in [-0.2, 0) is 16.1 Å². The number of oxazole rings is 1. The summed E-state index contributed by atoms with van der Waals surface area (Å²) in [4.78, 5) is 6.04. The molecular weight excluding hydrogens is 212 g/mol. The maximum atomic E-state index is 8.89. The zero-order valence-electron chi connectivity index (χ0n) is 9.68. The van der Waals surface area contributed by atoms with Crippen molar-refractivity contribution >= 4 is 6.01 Å². The second-order valence-corrected chi connectivity index (χ2v) is 3.25. The van der Waals surface area contributed by atoms with Crippen LogP contribution >= 0.6 is 0 Å². The molecule has 16 heavy (non-hydrogen) atoms. The predicted molar refractivity (Wildman–Crippen MR) is 58.4 cm³/mol. The molecule has 1 aromatic rings. The summed E-state index contributed by atoms with van der Waals surface area (Å²) in [6, 6.07) is 0.484. The molecule has 0 aliphatic heterocycles. The van der Waals surface area contributed by atoms with Gasteiger partial charge in [0.2, 0.25) is 0 Å². The molecule has 0 aliphatic carbocycles. The van der Waals surface area contributed by atoms with Gasteiger partial charge in [-0.25, -0.2) is 0 Å². The Bertz CT molecular complexity index is 282. The lowest BCUT2D eigenvalue weighted by Crippen LogP contribution is -2.30. The Kier molecular flexibility index (Phi) is 5.84. The standard InChI is InChI=1S/C10H18N2O4/c1-14-5-3-12(4-6-15-2)10-11-9(7-13)8-16-10/h8,13H,3-7H2,1-2H3. The van der Waals surface area contributed by atoms with Gasteiger partial charge in [0, 0.05) is 27.3 Å². The Hall–Kier alpha value is -1.11. The van der Waals surface area contributed by atoms with Gasteiger partial charge >= 0.3 is 0 Å². The number of anilines is 1. The first-order valence-electron chi connectivity index (χ1n) is 5.10. The van der Waals surface area contributed by atoms with Crippen molar-refractivity contribution in [3.63, 3.8) is 0 Å². The molecule has 1 aromatic heterocycles. The van der Waals surface area contributed by atoms with Crippen LogP contribution in [0, 0.1) is 0 Å². The summed E-state index contributed by atoms with van der Waals surface area (Å²) in [7, 11) is 3.28. The zero-order valence-corrected chi connectivity index (χ0v) is 9.68. The van der Waals surface area contributed by atoms with Gasteiger partial charge in [-0.2, -0.15) is 4.98 Å². The van der Waals surface area contributed by atoms with Crippen LogP contribution in [-0.4, -0.2) is 50.6 Å². The fraction of sp³-hybridized carbons (Fsp3) is 0.700. The molecule has 0 atom stereocenters. The summed E-state index contributed by atoms with van der Waals surface area (Å²) >= 11 is 0. The molecule has 0 aromatic carbocycles. The van der Waals surface area contributed by atoms with E-state index in [4.69, 9.17) is 19.0 Å². The lowest BCUT2D eigenvalue weighted by Gasteiger charge is -2.19. The molecule has 0 fully saturated rings. The Labute approximate surface area is 94.8 Å². The van der Waals surface area contributed by atoms with Crippen molar-refractivity contribution in [2.45, 2.75) is 6.61 Å². The molecule has 6 heteroatoms. The normalized spacial score (nSPS) is 10.7. The number of nitrogens with zero attached hydrogens (tertiary/aromatic N) is 2. The van der Waals surface area contributed by atoms with E-state index in [2.05, 4.69) is 4.98 Å². The number of hydrogen-bond acceptors (Lipinski definition) is 6. The van der Waals surface area contributed by atoms with Crippen LogP contribution in [0.2, 0.25) is 0 Å². The van der Waals surface area contributed by atoms with Crippen molar-refractivity contribution in [1.82, 2.24) is 4.98 Å². The van der Waals surface area contributed by atoms with E-state index in [1.54, 1.807) is 14.2 Å². The van der Waals surface area contributed by atoms with Crippen molar-refractivity contribution in [3.8, 4) is 0 Å². The molecule has 1 heterocycles. The van der Waals surface area contributed by atoms with Gasteiger partial charge in [-0.05, 0) is 0 Å². The number of hydrogen-bond donors (Lipinski definition) is 1. The molecule has 0 saturated heterocycles. The van der Waals surface area contributed by atoms with Crippen LogP contribution in [0.15, 0.2) is 10.7 Å². The highest BCUT2D eigenvalue weighted by Gasteiger charge is 2.12. The number of aliphatic hydroxyl groups is 1. The first-order chi connectivity index (χ1) is 7.81. The second-order valence-electron chi connectivity index (χ2n) is 3.25. The van der Waals surface area contributed by atoms with Crippen molar-refractivity contribution < 1.29 is 19.0 Å². The van der Waals surface area contributed by atoms with Crippen LogP contribution in [0.3, 0.4) is 0 Å². The highest BCUT2D eigenvalue weighted by Crippen LogP contribution is 2.13. The van der Waals surface area contributed by atoms with Crippen molar-refractivity contribution in [1.29, 1.82) is 0 Å². The summed E-state index contributed by atoms with van der Waals surface area (Å²) in [6.45, 7) is 2.39. The van der Waals surface area contributed by atoms with Crippen LogP contribution in [0.4, 0.5) is 6.01 Å². The molecule has 0 saturated carbocycles. The third-order valence-electron chi connectivity index (χ3n) is 2.10. The Morgan fingerprint density at radius 1 is 1.31 bits per heavy atom. The highest BCUT2D eigenvalue weighted by atomic mass is 16.5. The minimum absolute atomic E-state index is 0.119. The molecule has 0 unspecified atom stereocenters. The summed E-state index contributed by atoms with van der Waals surface area (Å²) in [5.41, 5.74) is 0.523. The van der Waals surface area contributed by atoms with E-state index in [0.29, 0.717) is 38.0 Å². The van der Waals surface area contributed by atoms with Gasteiger partial charge in [-0.1, -0.05) is 0 Å². The third kappa shape index (κ3) is 3.80. The molecule has 0 amide bonds. The van der Waals surface area contributed by atoms with Gasteiger partial charge in [0.05, 0.1) is 19.8 Å². The van der Waals surface area contributed by atoms with Crippen molar-refractivity contribution in [3.05, 3.63) is 12.0 Å². The van der Waals surface area contributed by atoms with Gasteiger partial charge in [0.15, 0.2) is 0 Å². The summed E-state index contributed by atoms with van der Waals surface area (Å²) in [6.07, 6.45) is 1.45. The summed E-state index contributed by atoms with van der Waals surface area (Å²) in [5.74, 6) is 0. The van der Waals surface area contributed by atoms with E-state index in [1.807, 2.05) is 4.90 Å². The second kappa shape index (κ2) is 7.21. The highest BCUT2D eigenvalue weighted by molar-refractivity contribution is 5.26. The van der Waals surface area contributed by atoms with Crippen molar-refractivity contribution in [2.75, 3.05) is 45.4 Å². The molecule has 1 N–H and O–H groups in total. The van der Waals surface area contributed by atoms with E-state index < -0.39 is 0 Å². The average Bonchev–Trinajstić information content (AvgIpc) is 2.78.